The van der Waals surface area contributed by atoms with E-state index in [1.54, 1.807) is 26.8 Å². The fourth-order valence-electron chi connectivity index (χ4n) is 2.82. The van der Waals surface area contributed by atoms with Gasteiger partial charge in [0.05, 0.1) is 4.90 Å². The third-order valence-corrected chi connectivity index (χ3v) is 6.27. The quantitative estimate of drug-likeness (QED) is 0.794. The zero-order chi connectivity index (χ0) is 18.8. The number of sulfonamides is 1. The van der Waals surface area contributed by atoms with Crippen LogP contribution in [0.25, 0.3) is 0 Å². The van der Waals surface area contributed by atoms with E-state index < -0.39 is 27.9 Å². The van der Waals surface area contributed by atoms with E-state index in [9.17, 15) is 23.1 Å². The molecule has 1 unspecified atom stereocenters. The van der Waals surface area contributed by atoms with E-state index in [0.717, 1.165) is 12.8 Å². The molecule has 1 amide bonds. The van der Waals surface area contributed by atoms with Gasteiger partial charge in [-0.05, 0) is 43.4 Å². The van der Waals surface area contributed by atoms with Gasteiger partial charge in [0.2, 0.25) is 10.0 Å². The lowest BCUT2D eigenvalue weighted by Crippen LogP contribution is -2.44. The second-order valence-electron chi connectivity index (χ2n) is 6.62. The van der Waals surface area contributed by atoms with Gasteiger partial charge < -0.3 is 10.4 Å². The Morgan fingerprint density at radius 1 is 1.20 bits per heavy atom. The van der Waals surface area contributed by atoms with Crippen LogP contribution in [0.5, 0.6) is 0 Å². The van der Waals surface area contributed by atoms with Crippen molar-refractivity contribution in [3.05, 3.63) is 29.3 Å². The van der Waals surface area contributed by atoms with Crippen LogP contribution in [-0.2, 0) is 14.8 Å². The minimum Gasteiger partial charge on any atom is -0.480 e. The van der Waals surface area contributed by atoms with Crippen molar-refractivity contribution in [1.29, 1.82) is 0 Å². The molecule has 0 saturated carbocycles. The summed E-state index contributed by atoms with van der Waals surface area (Å²) in [6.45, 7) is 6.03. The Labute approximate surface area is 148 Å². The first-order valence-electron chi connectivity index (χ1n) is 8.29. The molecule has 8 heteroatoms. The maximum Gasteiger partial charge on any atom is 0.326 e. The molecule has 2 N–H and O–H groups in total. The first-order valence-corrected chi connectivity index (χ1v) is 9.73. The molecular weight excluding hydrogens is 344 g/mol. The average molecular weight is 368 g/mol. The molecule has 0 aliphatic carbocycles. The van der Waals surface area contributed by atoms with Gasteiger partial charge in [-0.15, -0.1) is 0 Å². The minimum atomic E-state index is -3.64. The van der Waals surface area contributed by atoms with Gasteiger partial charge in [0.1, 0.15) is 6.04 Å². The molecule has 1 aromatic rings. The van der Waals surface area contributed by atoms with Crippen LogP contribution in [0.15, 0.2) is 23.1 Å². The van der Waals surface area contributed by atoms with Gasteiger partial charge in [-0.1, -0.05) is 19.9 Å². The summed E-state index contributed by atoms with van der Waals surface area (Å²) in [6, 6.07) is 3.35. The van der Waals surface area contributed by atoms with Crippen LogP contribution in [0, 0.1) is 12.8 Å². The average Bonchev–Trinajstić information content (AvgIpc) is 3.07. The normalized spacial score (nSPS) is 16.8. The Bertz CT molecular complexity index is 767. The molecule has 138 valence electrons. The standard InChI is InChI=1S/C17H24N2O5S/c1-11(2)15(17(21)22)18-16(20)14-10-13(7-6-12(14)3)25(23,24)19-8-4-5-9-19/h6-7,10-11,15H,4-5,8-9H2,1-3H3,(H,18,20)(H,21,22). The van der Waals surface area contributed by atoms with Gasteiger partial charge in [-0.25, -0.2) is 13.2 Å². The lowest BCUT2D eigenvalue weighted by atomic mass is 10.0. The summed E-state index contributed by atoms with van der Waals surface area (Å²) in [5.41, 5.74) is 0.762. The second kappa shape index (κ2) is 7.53. The maximum atomic E-state index is 12.7. The summed E-state index contributed by atoms with van der Waals surface area (Å²) in [5, 5.41) is 11.7. The predicted octanol–water partition coefficient (Wildman–Crippen LogP) is 1.62. The van der Waals surface area contributed by atoms with Crippen molar-refractivity contribution >= 4 is 21.9 Å². The van der Waals surface area contributed by atoms with E-state index in [4.69, 9.17) is 0 Å². The molecule has 2 rings (SSSR count). The zero-order valence-corrected chi connectivity index (χ0v) is 15.5. The van der Waals surface area contributed by atoms with E-state index in [1.165, 1.54) is 16.4 Å². The number of carbonyl (C=O) groups is 2. The number of hydrogen-bond donors (Lipinski definition) is 2. The summed E-state index contributed by atoms with van der Waals surface area (Å²) in [5.74, 6) is -2.00. The zero-order valence-electron chi connectivity index (χ0n) is 14.7. The highest BCUT2D eigenvalue weighted by Crippen LogP contribution is 2.23. The van der Waals surface area contributed by atoms with Gasteiger partial charge in [0.25, 0.3) is 5.91 Å². The number of nitrogens with one attached hydrogen (secondary N) is 1. The Morgan fingerprint density at radius 2 is 1.80 bits per heavy atom. The van der Waals surface area contributed by atoms with Crippen LogP contribution in [0.2, 0.25) is 0 Å². The number of rotatable bonds is 6. The molecule has 0 spiro atoms. The van der Waals surface area contributed by atoms with Gasteiger partial charge in [0.15, 0.2) is 0 Å². The third kappa shape index (κ3) is 4.19. The predicted molar refractivity (Wildman–Crippen MR) is 92.9 cm³/mol. The van der Waals surface area contributed by atoms with Crippen molar-refractivity contribution in [3.8, 4) is 0 Å². The number of carboxylic acids is 1. The molecule has 0 radical (unpaired) electrons. The minimum absolute atomic E-state index is 0.0570. The first-order chi connectivity index (χ1) is 11.6. The van der Waals surface area contributed by atoms with Gasteiger partial charge >= 0.3 is 5.97 Å². The van der Waals surface area contributed by atoms with Crippen molar-refractivity contribution in [1.82, 2.24) is 9.62 Å². The van der Waals surface area contributed by atoms with Crippen LogP contribution < -0.4 is 5.32 Å². The van der Waals surface area contributed by atoms with Crippen molar-refractivity contribution in [2.75, 3.05) is 13.1 Å². The number of amides is 1. The summed E-state index contributed by atoms with van der Waals surface area (Å²) >= 11 is 0. The van der Waals surface area contributed by atoms with Gasteiger partial charge in [-0.2, -0.15) is 4.31 Å². The van der Waals surface area contributed by atoms with Crippen molar-refractivity contribution in [2.45, 2.75) is 44.6 Å². The van der Waals surface area contributed by atoms with E-state index >= 15 is 0 Å². The molecule has 0 bridgehead atoms. The molecule has 1 aromatic carbocycles. The maximum absolute atomic E-state index is 12.7. The highest BCUT2D eigenvalue weighted by molar-refractivity contribution is 7.89. The summed E-state index contributed by atoms with van der Waals surface area (Å²) in [4.78, 5) is 23.8. The number of carboxylic acid groups (broad SMARTS) is 1. The van der Waals surface area contributed by atoms with Gasteiger partial charge in [-0.3, -0.25) is 4.79 Å². The van der Waals surface area contributed by atoms with E-state index in [1.807, 2.05) is 0 Å². The van der Waals surface area contributed by atoms with Crippen molar-refractivity contribution < 1.29 is 23.1 Å². The highest BCUT2D eigenvalue weighted by atomic mass is 32.2. The number of benzene rings is 1. The van der Waals surface area contributed by atoms with Crippen LogP contribution in [0.3, 0.4) is 0 Å². The molecule has 0 aromatic heterocycles. The molecule has 1 aliphatic rings. The molecule has 1 fully saturated rings. The fourth-order valence-corrected chi connectivity index (χ4v) is 4.36. The van der Waals surface area contributed by atoms with Crippen molar-refractivity contribution in [2.24, 2.45) is 5.92 Å². The monoisotopic (exact) mass is 368 g/mol. The summed E-state index contributed by atoms with van der Waals surface area (Å²) < 4.78 is 26.7. The largest absolute Gasteiger partial charge is 0.480 e. The molecule has 1 saturated heterocycles. The van der Waals surface area contributed by atoms with Crippen molar-refractivity contribution in [3.63, 3.8) is 0 Å². The molecule has 1 heterocycles. The Balaban J connectivity index is 2.32. The van der Waals surface area contributed by atoms with Crippen LogP contribution in [0.4, 0.5) is 0 Å². The van der Waals surface area contributed by atoms with Gasteiger partial charge in [0, 0.05) is 18.7 Å². The summed E-state index contributed by atoms with van der Waals surface area (Å²) in [6.07, 6.45) is 1.65. The Morgan fingerprint density at radius 3 is 2.32 bits per heavy atom. The van der Waals surface area contributed by atoms with Crippen LogP contribution >= 0.6 is 0 Å². The topological polar surface area (TPSA) is 104 Å². The SMILES string of the molecule is Cc1ccc(S(=O)(=O)N2CCCC2)cc1C(=O)NC(C(=O)O)C(C)C. The molecular formula is C17H24N2O5S. The number of aliphatic carboxylic acids is 1. The molecule has 1 aliphatic heterocycles. The Hall–Kier alpha value is -1.93. The van der Waals surface area contributed by atoms with E-state index in [2.05, 4.69) is 5.32 Å². The number of nitrogens with zero attached hydrogens (tertiary/aromatic N) is 1. The first kappa shape index (κ1) is 19.4. The third-order valence-electron chi connectivity index (χ3n) is 4.38. The second-order valence-corrected chi connectivity index (χ2v) is 8.56. The lowest BCUT2D eigenvalue weighted by molar-refractivity contribution is -0.140. The van der Waals surface area contributed by atoms with Crippen LogP contribution in [0.1, 0.15) is 42.6 Å². The smallest absolute Gasteiger partial charge is 0.326 e. The Kier molecular flexibility index (Phi) is 5.84. The van der Waals surface area contributed by atoms with E-state index in [-0.39, 0.29) is 16.4 Å². The lowest BCUT2D eigenvalue weighted by Gasteiger charge is -2.20. The molecule has 7 nitrogen and oxygen atoms in total. The number of carbonyl (C=O) groups excluding carboxylic acids is 1. The van der Waals surface area contributed by atoms with Crippen LogP contribution in [-0.4, -0.2) is 48.8 Å². The fraction of sp³-hybridized carbons (Fsp3) is 0.529. The molecule has 25 heavy (non-hydrogen) atoms. The molecule has 1 atom stereocenters. The number of aryl methyl sites for hydroxylation is 1. The van der Waals surface area contributed by atoms with E-state index in [0.29, 0.717) is 18.7 Å². The summed E-state index contributed by atoms with van der Waals surface area (Å²) in [7, 11) is -3.64. The number of hydrogen-bond acceptors (Lipinski definition) is 4. The highest BCUT2D eigenvalue weighted by Gasteiger charge is 2.29.